The van der Waals surface area contributed by atoms with Crippen LogP contribution in [0.1, 0.15) is 18.5 Å². The molecule has 6 nitrogen and oxygen atoms in total. The summed E-state index contributed by atoms with van der Waals surface area (Å²) in [7, 11) is 1.75. The lowest BCUT2D eigenvalue weighted by Crippen LogP contribution is -2.28. The normalized spacial score (nSPS) is 12.3. The number of benzene rings is 2. The van der Waals surface area contributed by atoms with Crippen LogP contribution in [0.15, 0.2) is 47.6 Å². The summed E-state index contributed by atoms with van der Waals surface area (Å²) in [6, 6.07) is 14.2. The molecule has 0 aliphatic carbocycles. The Morgan fingerprint density at radius 1 is 1.26 bits per heavy atom. The number of carbonyl (C=O) groups excluding carboxylic acids is 1. The van der Waals surface area contributed by atoms with Crippen LogP contribution in [-0.2, 0) is 11.8 Å². The topological polar surface area (TPSA) is 72.7 Å². The van der Waals surface area contributed by atoms with E-state index in [1.807, 2.05) is 31.2 Å². The van der Waals surface area contributed by atoms with E-state index in [0.717, 1.165) is 10.9 Å². The van der Waals surface area contributed by atoms with Crippen molar-refractivity contribution in [3.63, 3.8) is 0 Å². The maximum atomic E-state index is 12.2. The molecule has 7 heteroatoms. The Hall–Kier alpha value is -2.41. The summed E-state index contributed by atoms with van der Waals surface area (Å²) in [6.07, 6.45) is 0. The van der Waals surface area contributed by atoms with Crippen molar-refractivity contribution < 1.29 is 4.79 Å². The van der Waals surface area contributed by atoms with Gasteiger partial charge in [0.2, 0.25) is 11.1 Å². The minimum atomic E-state index is -0.0631. The molecule has 0 unspecified atom stereocenters. The summed E-state index contributed by atoms with van der Waals surface area (Å²) in [4.78, 5) is 12.2. The predicted molar refractivity (Wildman–Crippen MR) is 90.0 cm³/mol. The number of amides is 1. The van der Waals surface area contributed by atoms with Gasteiger partial charge in [0.15, 0.2) is 0 Å². The van der Waals surface area contributed by atoms with Gasteiger partial charge in [-0.15, -0.1) is 5.10 Å². The molecule has 0 fully saturated rings. The highest BCUT2D eigenvalue weighted by Gasteiger charge is 2.13. The van der Waals surface area contributed by atoms with Crippen molar-refractivity contribution in [3.8, 4) is 0 Å². The van der Waals surface area contributed by atoms with Gasteiger partial charge in [-0.25, -0.2) is 4.68 Å². The molecule has 2 aromatic carbocycles. The monoisotopic (exact) mass is 327 g/mol. The Kier molecular flexibility index (Phi) is 4.57. The quantitative estimate of drug-likeness (QED) is 0.728. The summed E-state index contributed by atoms with van der Waals surface area (Å²) in [5.74, 6) is 0.238. The van der Waals surface area contributed by atoms with E-state index in [-0.39, 0.29) is 17.7 Å². The number of aromatic nitrogens is 4. The summed E-state index contributed by atoms with van der Waals surface area (Å²) in [5.41, 5.74) is 1.11. The standard InChI is InChI=1S/C16H17N5OS/c1-11(13-9-5-7-12-6-3-4-8-14(12)13)17-15(22)10-23-16-18-19-20-21(16)2/h3-9,11H,10H2,1-2H3,(H,17,22)/t11-/m0/s1. The van der Waals surface area contributed by atoms with Crippen LogP contribution < -0.4 is 5.32 Å². The van der Waals surface area contributed by atoms with Gasteiger partial charge in [-0.2, -0.15) is 0 Å². The summed E-state index contributed by atoms with van der Waals surface area (Å²) in [6.45, 7) is 1.99. The number of carbonyl (C=O) groups is 1. The third-order valence-corrected chi connectivity index (χ3v) is 4.59. The van der Waals surface area contributed by atoms with Crippen LogP contribution in [0.4, 0.5) is 0 Å². The Morgan fingerprint density at radius 2 is 2.04 bits per heavy atom. The third-order valence-electron chi connectivity index (χ3n) is 3.58. The molecule has 0 radical (unpaired) electrons. The number of hydrogen-bond donors (Lipinski definition) is 1. The van der Waals surface area contributed by atoms with Crippen molar-refractivity contribution in [1.82, 2.24) is 25.5 Å². The van der Waals surface area contributed by atoms with Gasteiger partial charge in [0, 0.05) is 7.05 Å². The molecule has 3 rings (SSSR count). The minimum Gasteiger partial charge on any atom is -0.349 e. The van der Waals surface area contributed by atoms with Crippen LogP contribution in [0, 0.1) is 0 Å². The Balaban J connectivity index is 1.67. The van der Waals surface area contributed by atoms with E-state index in [0.29, 0.717) is 5.16 Å². The van der Waals surface area contributed by atoms with Gasteiger partial charge in [0.1, 0.15) is 0 Å². The lowest BCUT2D eigenvalue weighted by Gasteiger charge is -2.16. The molecule has 0 aliphatic heterocycles. The van der Waals surface area contributed by atoms with Gasteiger partial charge in [0.25, 0.3) is 0 Å². The smallest absolute Gasteiger partial charge is 0.230 e. The second-order valence-corrected chi connectivity index (χ2v) is 6.17. The van der Waals surface area contributed by atoms with Crippen molar-refractivity contribution in [1.29, 1.82) is 0 Å². The highest BCUT2D eigenvalue weighted by molar-refractivity contribution is 7.99. The predicted octanol–water partition coefficient (Wildman–Crippen LogP) is 2.33. The van der Waals surface area contributed by atoms with E-state index >= 15 is 0 Å². The number of nitrogens with zero attached hydrogens (tertiary/aromatic N) is 4. The van der Waals surface area contributed by atoms with Gasteiger partial charge in [-0.05, 0) is 33.7 Å². The fourth-order valence-corrected chi connectivity index (χ4v) is 3.12. The summed E-state index contributed by atoms with van der Waals surface area (Å²) in [5, 5.41) is 17.1. The zero-order chi connectivity index (χ0) is 16.2. The summed E-state index contributed by atoms with van der Waals surface area (Å²) < 4.78 is 1.55. The third kappa shape index (κ3) is 3.50. The highest BCUT2D eigenvalue weighted by atomic mass is 32.2. The SMILES string of the molecule is C[C@H](NC(=O)CSc1nnnn1C)c1cccc2ccccc12. The summed E-state index contributed by atoms with van der Waals surface area (Å²) >= 11 is 1.32. The fourth-order valence-electron chi connectivity index (χ4n) is 2.46. The molecular weight excluding hydrogens is 310 g/mol. The Morgan fingerprint density at radius 3 is 2.83 bits per heavy atom. The van der Waals surface area contributed by atoms with Crippen LogP contribution in [-0.4, -0.2) is 31.9 Å². The van der Waals surface area contributed by atoms with Gasteiger partial charge in [-0.1, -0.05) is 54.2 Å². The maximum Gasteiger partial charge on any atom is 0.230 e. The van der Waals surface area contributed by atoms with Gasteiger partial charge >= 0.3 is 0 Å². The first-order valence-electron chi connectivity index (χ1n) is 7.27. The Labute approximate surface area is 138 Å². The number of aryl methyl sites for hydroxylation is 1. The zero-order valence-corrected chi connectivity index (χ0v) is 13.7. The average molecular weight is 327 g/mol. The van der Waals surface area contributed by atoms with E-state index in [1.165, 1.54) is 17.1 Å². The zero-order valence-electron chi connectivity index (χ0n) is 12.9. The number of nitrogens with one attached hydrogen (secondary N) is 1. The lowest BCUT2D eigenvalue weighted by atomic mass is 10.00. The molecule has 0 aliphatic rings. The molecule has 3 aromatic rings. The van der Waals surface area contributed by atoms with Crippen molar-refractivity contribution in [2.75, 3.05) is 5.75 Å². The average Bonchev–Trinajstić information content (AvgIpc) is 2.97. The maximum absolute atomic E-state index is 12.2. The van der Waals surface area contributed by atoms with Crippen LogP contribution in [0.5, 0.6) is 0 Å². The molecule has 1 heterocycles. The molecule has 0 bridgehead atoms. The van der Waals surface area contributed by atoms with Gasteiger partial charge in [0.05, 0.1) is 11.8 Å². The van der Waals surface area contributed by atoms with Gasteiger partial charge < -0.3 is 5.32 Å². The Bertz CT molecular complexity index is 827. The molecule has 1 N–H and O–H groups in total. The number of fused-ring (bicyclic) bond motifs is 1. The van der Waals surface area contributed by atoms with Crippen molar-refractivity contribution in [2.24, 2.45) is 7.05 Å². The van der Waals surface area contributed by atoms with Gasteiger partial charge in [-0.3, -0.25) is 4.79 Å². The van der Waals surface area contributed by atoms with Crippen LogP contribution in [0.2, 0.25) is 0 Å². The largest absolute Gasteiger partial charge is 0.349 e. The number of tetrazole rings is 1. The van der Waals surface area contributed by atoms with Crippen molar-refractivity contribution in [2.45, 2.75) is 18.1 Å². The highest BCUT2D eigenvalue weighted by Crippen LogP contribution is 2.24. The molecule has 23 heavy (non-hydrogen) atoms. The second-order valence-electron chi connectivity index (χ2n) is 5.23. The molecule has 0 saturated carbocycles. The van der Waals surface area contributed by atoms with E-state index < -0.39 is 0 Å². The first kappa shape index (κ1) is 15.5. The minimum absolute atomic E-state index is 0.0431. The molecule has 118 valence electrons. The van der Waals surface area contributed by atoms with E-state index in [2.05, 4.69) is 39.0 Å². The second kappa shape index (κ2) is 6.78. The van der Waals surface area contributed by atoms with E-state index in [4.69, 9.17) is 0 Å². The van der Waals surface area contributed by atoms with E-state index in [9.17, 15) is 4.79 Å². The van der Waals surface area contributed by atoms with Crippen LogP contribution >= 0.6 is 11.8 Å². The first-order chi connectivity index (χ1) is 11.1. The molecule has 0 spiro atoms. The molecule has 1 amide bonds. The van der Waals surface area contributed by atoms with Crippen LogP contribution in [0.3, 0.4) is 0 Å². The number of thioether (sulfide) groups is 1. The van der Waals surface area contributed by atoms with Crippen molar-refractivity contribution in [3.05, 3.63) is 48.0 Å². The molecule has 0 saturated heterocycles. The number of hydrogen-bond acceptors (Lipinski definition) is 5. The molecular formula is C16H17N5OS. The fraction of sp³-hybridized carbons (Fsp3) is 0.250. The van der Waals surface area contributed by atoms with E-state index in [1.54, 1.807) is 11.7 Å². The number of rotatable bonds is 5. The molecule has 1 aromatic heterocycles. The van der Waals surface area contributed by atoms with Crippen LogP contribution in [0.25, 0.3) is 10.8 Å². The lowest BCUT2D eigenvalue weighted by molar-refractivity contribution is -0.119. The van der Waals surface area contributed by atoms with Crippen molar-refractivity contribution >= 4 is 28.4 Å². The first-order valence-corrected chi connectivity index (χ1v) is 8.26. The molecule has 1 atom stereocenters.